The van der Waals surface area contributed by atoms with Crippen LogP contribution in [0.2, 0.25) is 0 Å². The highest BCUT2D eigenvalue weighted by Gasteiger charge is 2.60. The van der Waals surface area contributed by atoms with E-state index in [9.17, 15) is 23.6 Å². The number of fused-ring (bicyclic) bond motifs is 4. The van der Waals surface area contributed by atoms with E-state index in [2.05, 4.69) is 10.6 Å². The van der Waals surface area contributed by atoms with Crippen molar-refractivity contribution in [3.8, 4) is 0 Å². The summed E-state index contributed by atoms with van der Waals surface area (Å²) in [7, 11) is 0. The molecular formula is C35H27FN4O4S. The van der Waals surface area contributed by atoms with Crippen LogP contribution in [-0.2, 0) is 19.9 Å². The van der Waals surface area contributed by atoms with Gasteiger partial charge in [-0.1, -0.05) is 60.7 Å². The van der Waals surface area contributed by atoms with Crippen molar-refractivity contribution in [3.05, 3.63) is 115 Å². The molecule has 5 amide bonds. The lowest BCUT2D eigenvalue weighted by molar-refractivity contribution is -0.136. The third-order valence-electron chi connectivity index (χ3n) is 8.30. The molecular weight excluding hydrogens is 591 g/mol. The molecule has 45 heavy (non-hydrogen) atoms. The number of hydrogen-bond donors (Lipinski definition) is 2. The Labute approximate surface area is 262 Å². The molecule has 0 saturated carbocycles. The third kappa shape index (κ3) is 5.17. The highest BCUT2D eigenvalue weighted by Crippen LogP contribution is 2.48. The summed E-state index contributed by atoms with van der Waals surface area (Å²) in [5.41, 5.74) is -0.277. The SMILES string of the molecule is O=C(CN1C(=O)N(CC(=O)Nc2ccc3ccccc3c2)[C@@]2(CCSc3ccc(F)cc32)C1=O)Nc1ccc2ccccc2c1. The lowest BCUT2D eigenvalue weighted by Crippen LogP contribution is -2.51. The first-order valence-corrected chi connectivity index (χ1v) is 15.4. The van der Waals surface area contributed by atoms with Gasteiger partial charge in [0.15, 0.2) is 5.54 Å². The zero-order valence-electron chi connectivity index (χ0n) is 24.0. The number of rotatable bonds is 6. The van der Waals surface area contributed by atoms with Crippen LogP contribution in [0.1, 0.15) is 12.0 Å². The molecule has 2 aliphatic heterocycles. The van der Waals surface area contributed by atoms with Gasteiger partial charge in [-0.2, -0.15) is 0 Å². The van der Waals surface area contributed by atoms with Gasteiger partial charge < -0.3 is 10.6 Å². The number of halogens is 1. The molecule has 0 aliphatic carbocycles. The molecule has 2 aliphatic rings. The molecule has 1 spiro atoms. The van der Waals surface area contributed by atoms with Crippen LogP contribution in [-0.4, -0.2) is 52.4 Å². The first kappa shape index (κ1) is 28.5. The van der Waals surface area contributed by atoms with Crippen molar-refractivity contribution in [1.29, 1.82) is 0 Å². The van der Waals surface area contributed by atoms with Crippen LogP contribution in [0.15, 0.2) is 108 Å². The molecule has 0 bridgehead atoms. The molecule has 5 aromatic rings. The quantitative estimate of drug-likeness (QED) is 0.216. The van der Waals surface area contributed by atoms with Gasteiger partial charge in [-0.05, 0) is 70.4 Å². The average molecular weight is 619 g/mol. The van der Waals surface area contributed by atoms with Crippen molar-refractivity contribution < 1.29 is 23.6 Å². The fraction of sp³-hybridized carbons (Fsp3) is 0.143. The summed E-state index contributed by atoms with van der Waals surface area (Å²) in [6.45, 7) is -1.03. The van der Waals surface area contributed by atoms with Crippen LogP contribution >= 0.6 is 11.8 Å². The van der Waals surface area contributed by atoms with Crippen LogP contribution in [0, 0.1) is 5.82 Å². The van der Waals surface area contributed by atoms with Gasteiger partial charge in [0, 0.05) is 27.6 Å². The number of benzene rings is 5. The predicted molar refractivity (Wildman–Crippen MR) is 172 cm³/mol. The summed E-state index contributed by atoms with van der Waals surface area (Å²) in [6, 6.07) is 29.6. The van der Waals surface area contributed by atoms with Crippen molar-refractivity contribution >= 4 is 68.4 Å². The van der Waals surface area contributed by atoms with Crippen molar-refractivity contribution in [3.63, 3.8) is 0 Å². The smallest absolute Gasteiger partial charge is 0.325 e. The summed E-state index contributed by atoms with van der Waals surface area (Å²) >= 11 is 1.45. The summed E-state index contributed by atoms with van der Waals surface area (Å²) in [6.07, 6.45) is 0.157. The van der Waals surface area contributed by atoms with Gasteiger partial charge in [-0.3, -0.25) is 24.2 Å². The number of thioether (sulfide) groups is 1. The minimum absolute atomic E-state index is 0.157. The van der Waals surface area contributed by atoms with Crippen molar-refractivity contribution in [2.24, 2.45) is 0 Å². The third-order valence-corrected chi connectivity index (χ3v) is 9.38. The van der Waals surface area contributed by atoms with Crippen LogP contribution in [0.3, 0.4) is 0 Å². The molecule has 2 N–H and O–H groups in total. The Morgan fingerprint density at radius 1 is 0.733 bits per heavy atom. The molecule has 10 heteroatoms. The van der Waals surface area contributed by atoms with Crippen LogP contribution < -0.4 is 10.6 Å². The molecule has 5 aromatic carbocycles. The fourth-order valence-corrected chi connectivity index (χ4v) is 7.36. The Morgan fingerprint density at radius 2 is 1.31 bits per heavy atom. The molecule has 7 rings (SSSR count). The lowest BCUT2D eigenvalue weighted by Gasteiger charge is -2.39. The topological polar surface area (TPSA) is 98.8 Å². The summed E-state index contributed by atoms with van der Waals surface area (Å²) in [5, 5.41) is 9.47. The first-order chi connectivity index (χ1) is 21.8. The Hall–Kier alpha value is -5.22. The molecule has 224 valence electrons. The maximum atomic E-state index is 14.6. The number of imide groups is 1. The fourth-order valence-electron chi connectivity index (χ4n) is 6.20. The van der Waals surface area contributed by atoms with E-state index >= 15 is 0 Å². The number of carbonyl (C=O) groups excluding carboxylic acids is 4. The Kier molecular flexibility index (Phi) is 7.21. The Morgan fingerprint density at radius 3 is 1.93 bits per heavy atom. The number of nitrogens with zero attached hydrogens (tertiary/aromatic N) is 2. The number of amides is 5. The van der Waals surface area contributed by atoms with Gasteiger partial charge in [0.05, 0.1) is 0 Å². The van der Waals surface area contributed by atoms with Crippen molar-refractivity contribution in [2.75, 3.05) is 29.5 Å². The molecule has 1 saturated heterocycles. The van der Waals surface area contributed by atoms with Crippen LogP contribution in [0.5, 0.6) is 0 Å². The van der Waals surface area contributed by atoms with Gasteiger partial charge in [-0.25, -0.2) is 9.18 Å². The molecule has 8 nitrogen and oxygen atoms in total. The Bertz CT molecular complexity index is 2030. The Balaban J connectivity index is 1.18. The molecule has 0 aromatic heterocycles. The van der Waals surface area contributed by atoms with E-state index in [4.69, 9.17) is 0 Å². The van der Waals surface area contributed by atoms with Gasteiger partial charge in [0.1, 0.15) is 18.9 Å². The summed E-state index contributed by atoms with van der Waals surface area (Å²) in [5.74, 6) is -1.87. The van der Waals surface area contributed by atoms with E-state index in [1.165, 1.54) is 28.8 Å². The van der Waals surface area contributed by atoms with E-state index in [0.29, 0.717) is 27.6 Å². The number of carbonyl (C=O) groups is 4. The highest BCUT2D eigenvalue weighted by atomic mass is 32.2. The second kappa shape index (κ2) is 11.4. The van der Waals surface area contributed by atoms with E-state index < -0.39 is 48.2 Å². The number of anilines is 2. The standard InChI is InChI=1S/C35H27FN4O4S/c36-26-11-14-30-29(19-26)35(15-16-45-30)33(43)39(20-31(41)37-27-12-9-22-5-1-3-7-24(22)17-27)34(44)40(35)21-32(42)38-28-13-10-23-6-2-4-8-25(23)18-28/h1-14,17-19H,15-16,20-21H2,(H,37,41)(H,38,42)/t35-/m1/s1. The average Bonchev–Trinajstić information content (AvgIpc) is 3.22. The molecule has 2 heterocycles. The number of hydrogen-bond acceptors (Lipinski definition) is 5. The molecule has 1 atom stereocenters. The zero-order valence-corrected chi connectivity index (χ0v) is 24.8. The predicted octanol–water partition coefficient (Wildman–Crippen LogP) is 6.36. The van der Waals surface area contributed by atoms with Crippen LogP contribution in [0.4, 0.5) is 20.6 Å². The summed E-state index contributed by atoms with van der Waals surface area (Å²) < 4.78 is 14.6. The van der Waals surface area contributed by atoms with E-state index in [-0.39, 0.29) is 6.42 Å². The second-order valence-electron chi connectivity index (χ2n) is 11.1. The maximum Gasteiger partial charge on any atom is 0.328 e. The molecule has 0 radical (unpaired) electrons. The molecule has 0 unspecified atom stereocenters. The summed E-state index contributed by atoms with van der Waals surface area (Å²) in [4.78, 5) is 57.6. The minimum atomic E-state index is -1.64. The zero-order chi connectivity index (χ0) is 31.1. The van der Waals surface area contributed by atoms with Crippen LogP contribution in [0.25, 0.3) is 21.5 Å². The first-order valence-electron chi connectivity index (χ1n) is 14.5. The number of urea groups is 1. The monoisotopic (exact) mass is 618 g/mol. The molecule has 1 fully saturated rings. The van der Waals surface area contributed by atoms with E-state index in [0.717, 1.165) is 26.4 Å². The minimum Gasteiger partial charge on any atom is -0.325 e. The van der Waals surface area contributed by atoms with Gasteiger partial charge >= 0.3 is 6.03 Å². The van der Waals surface area contributed by atoms with Gasteiger partial charge in [0.25, 0.3) is 5.91 Å². The second-order valence-corrected chi connectivity index (χ2v) is 12.2. The van der Waals surface area contributed by atoms with E-state index in [1.54, 1.807) is 18.2 Å². The number of nitrogens with one attached hydrogen (secondary N) is 2. The lowest BCUT2D eigenvalue weighted by atomic mass is 9.84. The van der Waals surface area contributed by atoms with Crippen molar-refractivity contribution in [2.45, 2.75) is 16.9 Å². The van der Waals surface area contributed by atoms with E-state index in [1.807, 2.05) is 72.8 Å². The van der Waals surface area contributed by atoms with Gasteiger partial charge in [-0.15, -0.1) is 11.8 Å². The highest BCUT2D eigenvalue weighted by molar-refractivity contribution is 7.99. The van der Waals surface area contributed by atoms with Gasteiger partial charge in [0.2, 0.25) is 11.8 Å². The van der Waals surface area contributed by atoms with Crippen molar-refractivity contribution in [1.82, 2.24) is 9.80 Å². The normalized spacial score (nSPS) is 17.6. The maximum absolute atomic E-state index is 14.6. The largest absolute Gasteiger partial charge is 0.328 e.